The van der Waals surface area contributed by atoms with Gasteiger partial charge in [-0.2, -0.15) is 0 Å². The summed E-state index contributed by atoms with van der Waals surface area (Å²) in [5, 5.41) is 11.5. The topological polar surface area (TPSA) is 69.6 Å². The van der Waals surface area contributed by atoms with Crippen LogP contribution in [0.5, 0.6) is 0 Å². The Labute approximate surface area is 128 Å². The van der Waals surface area contributed by atoms with Crippen LogP contribution in [0.15, 0.2) is 12.1 Å². The molecule has 0 aliphatic heterocycles. The molecule has 0 radical (unpaired) electrons. The second kappa shape index (κ2) is 6.87. The van der Waals surface area contributed by atoms with E-state index in [9.17, 15) is 9.59 Å². The first-order valence-corrected chi connectivity index (χ1v) is 7.79. The van der Waals surface area contributed by atoms with E-state index in [4.69, 9.17) is 5.11 Å². The lowest BCUT2D eigenvalue weighted by Gasteiger charge is -2.15. The highest BCUT2D eigenvalue weighted by Crippen LogP contribution is 2.25. The third-order valence-electron chi connectivity index (χ3n) is 3.48. The summed E-state index contributed by atoms with van der Waals surface area (Å²) in [5.74, 6) is -1.08. The molecule has 1 aromatic rings. The Bertz CT molecular complexity index is 561. The highest BCUT2D eigenvalue weighted by atomic mass is 32.1. The first kappa shape index (κ1) is 15.7. The fraction of sp³-hybridized carbons (Fsp3) is 0.467. The van der Waals surface area contributed by atoms with Crippen molar-refractivity contribution in [3.05, 3.63) is 27.5 Å². The number of aryl methyl sites for hydroxylation is 1. The Morgan fingerprint density at radius 3 is 2.86 bits per heavy atom. The third kappa shape index (κ3) is 4.68. The predicted molar refractivity (Wildman–Crippen MR) is 83.7 cm³/mol. The summed E-state index contributed by atoms with van der Waals surface area (Å²) in [7, 11) is 2.08. The minimum absolute atomic E-state index is 0.0951. The number of carbonyl (C=O) groups excluding carboxylic acids is 1. The van der Waals surface area contributed by atoms with Crippen LogP contribution in [0.3, 0.4) is 0 Å². The molecule has 0 bridgehead atoms. The molecule has 0 atom stereocenters. The summed E-state index contributed by atoms with van der Waals surface area (Å²) < 4.78 is 0. The highest BCUT2D eigenvalue weighted by Gasteiger charge is 2.25. The third-order valence-corrected chi connectivity index (χ3v) is 4.68. The summed E-state index contributed by atoms with van der Waals surface area (Å²) in [6.07, 6.45) is 5.13. The summed E-state index contributed by atoms with van der Waals surface area (Å²) >= 11 is 1.31. The van der Waals surface area contributed by atoms with Crippen LogP contribution in [0.1, 0.15) is 33.0 Å². The van der Waals surface area contributed by atoms with E-state index in [2.05, 4.69) is 17.3 Å². The molecule has 1 aliphatic rings. The van der Waals surface area contributed by atoms with Crippen molar-refractivity contribution in [1.82, 2.24) is 10.2 Å². The zero-order valence-corrected chi connectivity index (χ0v) is 13.1. The van der Waals surface area contributed by atoms with E-state index < -0.39 is 5.97 Å². The Morgan fingerprint density at radius 2 is 2.24 bits per heavy atom. The van der Waals surface area contributed by atoms with Gasteiger partial charge in [0, 0.05) is 30.1 Å². The van der Waals surface area contributed by atoms with Gasteiger partial charge in [0.25, 0.3) is 5.91 Å². The Morgan fingerprint density at radius 1 is 1.52 bits per heavy atom. The maximum atomic E-state index is 12.1. The number of carbonyl (C=O) groups is 2. The molecule has 6 heteroatoms. The maximum Gasteiger partial charge on any atom is 0.328 e. The number of nitrogens with one attached hydrogen (secondary N) is 1. The first-order chi connectivity index (χ1) is 9.97. The maximum absolute atomic E-state index is 12.1. The fourth-order valence-electron chi connectivity index (χ4n) is 2.05. The Balaban J connectivity index is 1.87. The van der Waals surface area contributed by atoms with Crippen molar-refractivity contribution >= 4 is 29.3 Å². The summed E-state index contributed by atoms with van der Waals surface area (Å²) in [6.45, 7) is 3.35. The van der Waals surface area contributed by atoms with Crippen LogP contribution < -0.4 is 5.32 Å². The second-order valence-corrected chi connectivity index (χ2v) is 6.38. The molecule has 1 saturated carbocycles. The summed E-state index contributed by atoms with van der Waals surface area (Å²) in [4.78, 5) is 26.3. The van der Waals surface area contributed by atoms with Gasteiger partial charge in [0.1, 0.15) is 0 Å². The highest BCUT2D eigenvalue weighted by molar-refractivity contribution is 7.15. The van der Waals surface area contributed by atoms with Crippen LogP contribution in [0.2, 0.25) is 0 Å². The zero-order valence-electron chi connectivity index (χ0n) is 12.3. The quantitative estimate of drug-likeness (QED) is 0.756. The van der Waals surface area contributed by atoms with Gasteiger partial charge < -0.3 is 15.3 Å². The first-order valence-electron chi connectivity index (χ1n) is 6.97. The van der Waals surface area contributed by atoms with Gasteiger partial charge in [-0.15, -0.1) is 11.3 Å². The Kier molecular flexibility index (Phi) is 5.14. The molecule has 0 aromatic carbocycles. The minimum Gasteiger partial charge on any atom is -0.478 e. The van der Waals surface area contributed by atoms with E-state index in [0.29, 0.717) is 17.5 Å². The lowest BCUT2D eigenvalue weighted by Crippen LogP contribution is -2.33. The van der Waals surface area contributed by atoms with E-state index in [1.165, 1.54) is 30.3 Å². The van der Waals surface area contributed by atoms with Gasteiger partial charge in [0.15, 0.2) is 0 Å². The van der Waals surface area contributed by atoms with Gasteiger partial charge in [-0.3, -0.25) is 4.79 Å². The largest absolute Gasteiger partial charge is 0.478 e. The lowest BCUT2D eigenvalue weighted by atomic mass is 10.2. The number of hydrogen-bond donors (Lipinski definition) is 2. The standard InChI is InChI=1S/C15H20N2O3S/c1-10-9-13(21-12(10)5-6-14(18)19)15(20)16-7-8-17(2)11-3-4-11/h5-6,9,11H,3-4,7-8H2,1-2H3,(H,16,20)(H,18,19)/b6-5+. The van der Waals surface area contributed by atoms with Crippen LogP contribution in [0.25, 0.3) is 6.08 Å². The second-order valence-electron chi connectivity index (χ2n) is 5.30. The molecule has 0 saturated heterocycles. The van der Waals surface area contributed by atoms with E-state index >= 15 is 0 Å². The fourth-order valence-corrected chi connectivity index (χ4v) is 3.04. The molecule has 1 heterocycles. The number of rotatable bonds is 7. The minimum atomic E-state index is -0.989. The van der Waals surface area contributed by atoms with Crippen molar-refractivity contribution in [2.75, 3.05) is 20.1 Å². The molecule has 1 fully saturated rings. The molecule has 2 rings (SSSR count). The van der Waals surface area contributed by atoms with Crippen molar-refractivity contribution in [3.63, 3.8) is 0 Å². The molecule has 2 N–H and O–H groups in total. The van der Waals surface area contributed by atoms with Crippen LogP contribution in [0.4, 0.5) is 0 Å². The number of thiophene rings is 1. The van der Waals surface area contributed by atoms with Gasteiger partial charge >= 0.3 is 5.97 Å². The van der Waals surface area contributed by atoms with Crippen LogP contribution >= 0.6 is 11.3 Å². The molecule has 1 aliphatic carbocycles. The number of nitrogens with zero attached hydrogens (tertiary/aromatic N) is 1. The number of carboxylic acids is 1. The number of likely N-dealkylation sites (N-methyl/N-ethyl adjacent to an activating group) is 1. The predicted octanol–water partition coefficient (Wildman–Crippen LogP) is 1.98. The molecular formula is C15H20N2O3S. The summed E-state index contributed by atoms with van der Waals surface area (Å²) in [5.41, 5.74) is 0.915. The monoisotopic (exact) mass is 308 g/mol. The van der Waals surface area contributed by atoms with Crippen LogP contribution in [-0.4, -0.2) is 48.1 Å². The molecule has 114 valence electrons. The van der Waals surface area contributed by atoms with Gasteiger partial charge in [-0.1, -0.05) is 0 Å². The molecule has 1 aromatic heterocycles. The number of aliphatic carboxylic acids is 1. The molecule has 21 heavy (non-hydrogen) atoms. The van der Waals surface area contributed by atoms with E-state index in [1.54, 1.807) is 6.07 Å². The average Bonchev–Trinajstić information content (AvgIpc) is 3.20. The SMILES string of the molecule is Cc1cc(C(=O)NCCN(C)C2CC2)sc1/C=C/C(=O)O. The lowest BCUT2D eigenvalue weighted by molar-refractivity contribution is -0.131. The van der Waals surface area contributed by atoms with Crippen molar-refractivity contribution in [1.29, 1.82) is 0 Å². The number of amides is 1. The van der Waals surface area contributed by atoms with Crippen molar-refractivity contribution < 1.29 is 14.7 Å². The molecule has 0 spiro atoms. The number of hydrogen-bond acceptors (Lipinski definition) is 4. The van der Waals surface area contributed by atoms with E-state index in [-0.39, 0.29) is 5.91 Å². The average molecular weight is 308 g/mol. The smallest absolute Gasteiger partial charge is 0.328 e. The van der Waals surface area contributed by atoms with Gasteiger partial charge in [-0.05, 0) is 44.5 Å². The normalized spacial score (nSPS) is 14.8. The van der Waals surface area contributed by atoms with Crippen LogP contribution in [-0.2, 0) is 4.79 Å². The van der Waals surface area contributed by atoms with Gasteiger partial charge in [-0.25, -0.2) is 4.79 Å². The van der Waals surface area contributed by atoms with E-state index in [0.717, 1.165) is 23.1 Å². The molecule has 0 unspecified atom stereocenters. The van der Waals surface area contributed by atoms with Crippen molar-refractivity contribution in [2.45, 2.75) is 25.8 Å². The molecule has 5 nitrogen and oxygen atoms in total. The van der Waals surface area contributed by atoms with Gasteiger partial charge in [0.2, 0.25) is 0 Å². The molecular weight excluding hydrogens is 288 g/mol. The van der Waals surface area contributed by atoms with Crippen LogP contribution in [0, 0.1) is 6.92 Å². The number of carboxylic acid groups (broad SMARTS) is 1. The summed E-state index contributed by atoms with van der Waals surface area (Å²) in [6, 6.07) is 2.49. The van der Waals surface area contributed by atoms with Crippen molar-refractivity contribution in [3.8, 4) is 0 Å². The Hall–Kier alpha value is -1.66. The van der Waals surface area contributed by atoms with E-state index in [1.807, 2.05) is 6.92 Å². The van der Waals surface area contributed by atoms with Crippen molar-refractivity contribution in [2.24, 2.45) is 0 Å². The zero-order chi connectivity index (χ0) is 15.4. The molecule has 1 amide bonds. The van der Waals surface area contributed by atoms with Gasteiger partial charge in [0.05, 0.1) is 4.88 Å².